The Morgan fingerprint density at radius 2 is 2.17 bits per heavy atom. The van der Waals surface area contributed by atoms with Crippen molar-refractivity contribution in [1.82, 2.24) is 5.32 Å². The van der Waals surface area contributed by atoms with Crippen LogP contribution in [-0.4, -0.2) is 25.2 Å². The molecule has 0 saturated heterocycles. The van der Waals surface area contributed by atoms with Gasteiger partial charge in [-0.05, 0) is 44.9 Å². The highest BCUT2D eigenvalue weighted by Crippen LogP contribution is 2.15. The molecule has 0 aromatic heterocycles. The summed E-state index contributed by atoms with van der Waals surface area (Å²) in [5.74, 6) is -0.0293. The van der Waals surface area contributed by atoms with Gasteiger partial charge in [-0.15, -0.1) is 0 Å². The van der Waals surface area contributed by atoms with Crippen LogP contribution in [0, 0.1) is 6.92 Å². The van der Waals surface area contributed by atoms with Gasteiger partial charge in [0, 0.05) is 23.2 Å². The largest absolute Gasteiger partial charge is 0.379 e. The van der Waals surface area contributed by atoms with E-state index in [1.54, 1.807) is 0 Å². The van der Waals surface area contributed by atoms with E-state index < -0.39 is 0 Å². The number of hydrogen-bond donors (Lipinski definition) is 1. The molecule has 0 fully saturated rings. The van der Waals surface area contributed by atoms with Crippen LogP contribution in [0.25, 0.3) is 0 Å². The summed E-state index contributed by atoms with van der Waals surface area (Å²) in [6, 6.07) is 5.71. The molecule has 100 valence electrons. The summed E-state index contributed by atoms with van der Waals surface area (Å²) >= 11 is 3.37. The number of amides is 1. The topological polar surface area (TPSA) is 38.3 Å². The summed E-state index contributed by atoms with van der Waals surface area (Å²) < 4.78 is 6.33. The smallest absolute Gasteiger partial charge is 0.251 e. The molecule has 1 aromatic rings. The number of carbonyl (C=O) groups is 1. The van der Waals surface area contributed by atoms with E-state index >= 15 is 0 Å². The van der Waals surface area contributed by atoms with Crippen molar-refractivity contribution in [1.29, 1.82) is 0 Å². The Morgan fingerprint density at radius 1 is 1.44 bits per heavy atom. The third-order valence-corrected chi connectivity index (χ3v) is 3.00. The van der Waals surface area contributed by atoms with Gasteiger partial charge in [-0.25, -0.2) is 0 Å². The van der Waals surface area contributed by atoms with Gasteiger partial charge in [0.05, 0.1) is 6.10 Å². The number of aryl methyl sites for hydroxylation is 1. The van der Waals surface area contributed by atoms with Crippen LogP contribution in [0.5, 0.6) is 0 Å². The zero-order valence-corrected chi connectivity index (χ0v) is 12.7. The van der Waals surface area contributed by atoms with Crippen LogP contribution >= 0.6 is 15.9 Å². The van der Waals surface area contributed by atoms with E-state index in [4.69, 9.17) is 4.74 Å². The molecule has 1 rings (SSSR count). The van der Waals surface area contributed by atoms with Gasteiger partial charge in [-0.2, -0.15) is 0 Å². The molecule has 1 N–H and O–H groups in total. The van der Waals surface area contributed by atoms with Crippen molar-refractivity contribution in [2.24, 2.45) is 0 Å². The molecular formula is C14H20BrNO2. The molecule has 0 radical (unpaired) electrons. The van der Waals surface area contributed by atoms with Crippen molar-refractivity contribution in [3.05, 3.63) is 33.8 Å². The van der Waals surface area contributed by atoms with Crippen LogP contribution in [0.3, 0.4) is 0 Å². The summed E-state index contributed by atoms with van der Waals surface area (Å²) in [4.78, 5) is 11.9. The minimum atomic E-state index is -0.0293. The second kappa shape index (κ2) is 7.54. The molecule has 0 aliphatic carbocycles. The molecule has 0 spiro atoms. The molecule has 0 aliphatic rings. The Morgan fingerprint density at radius 3 is 2.83 bits per heavy atom. The highest BCUT2D eigenvalue weighted by molar-refractivity contribution is 9.10. The maximum absolute atomic E-state index is 11.9. The van der Waals surface area contributed by atoms with Crippen LogP contribution < -0.4 is 5.32 Å². The fourth-order valence-electron chi connectivity index (χ4n) is 1.53. The Labute approximate surface area is 117 Å². The minimum Gasteiger partial charge on any atom is -0.379 e. The standard InChI is InChI=1S/C14H20BrNO2/c1-10(2)18-8-4-7-16-14(17)13-9-12(15)6-5-11(13)3/h5-6,9-10H,4,7-8H2,1-3H3,(H,16,17). The van der Waals surface area contributed by atoms with Crippen LogP contribution in [0.4, 0.5) is 0 Å². The van der Waals surface area contributed by atoms with Crippen LogP contribution in [-0.2, 0) is 4.74 Å². The van der Waals surface area contributed by atoms with Gasteiger partial charge in [0.15, 0.2) is 0 Å². The van der Waals surface area contributed by atoms with Crippen molar-refractivity contribution < 1.29 is 9.53 Å². The molecule has 0 bridgehead atoms. The van der Waals surface area contributed by atoms with E-state index in [9.17, 15) is 4.79 Å². The fraction of sp³-hybridized carbons (Fsp3) is 0.500. The lowest BCUT2D eigenvalue weighted by Crippen LogP contribution is -2.26. The van der Waals surface area contributed by atoms with E-state index in [0.29, 0.717) is 18.7 Å². The van der Waals surface area contributed by atoms with E-state index in [-0.39, 0.29) is 12.0 Å². The molecule has 1 amide bonds. The summed E-state index contributed by atoms with van der Waals surface area (Å²) in [6.07, 6.45) is 1.07. The van der Waals surface area contributed by atoms with E-state index in [0.717, 1.165) is 16.5 Å². The first-order chi connectivity index (χ1) is 8.50. The van der Waals surface area contributed by atoms with Crippen molar-refractivity contribution in [3.63, 3.8) is 0 Å². The first kappa shape index (κ1) is 15.2. The Bertz CT molecular complexity index is 405. The number of benzene rings is 1. The number of hydrogen-bond acceptors (Lipinski definition) is 2. The van der Waals surface area contributed by atoms with Crippen molar-refractivity contribution >= 4 is 21.8 Å². The Kier molecular flexibility index (Phi) is 6.36. The predicted octanol–water partition coefficient (Wildman–Crippen LogP) is 3.30. The van der Waals surface area contributed by atoms with Crippen molar-refractivity contribution in [2.45, 2.75) is 33.3 Å². The number of ether oxygens (including phenoxy) is 1. The summed E-state index contributed by atoms with van der Waals surface area (Å²) in [7, 11) is 0. The zero-order chi connectivity index (χ0) is 13.5. The van der Waals surface area contributed by atoms with Gasteiger partial charge in [0.1, 0.15) is 0 Å². The van der Waals surface area contributed by atoms with Crippen molar-refractivity contribution in [2.75, 3.05) is 13.2 Å². The maximum atomic E-state index is 11.9. The first-order valence-corrected chi connectivity index (χ1v) is 6.96. The summed E-state index contributed by atoms with van der Waals surface area (Å²) in [5, 5.41) is 2.90. The average Bonchev–Trinajstić information content (AvgIpc) is 2.31. The molecule has 0 atom stereocenters. The molecule has 0 unspecified atom stereocenters. The lowest BCUT2D eigenvalue weighted by molar-refractivity contribution is 0.0757. The molecule has 0 aliphatic heterocycles. The number of carbonyl (C=O) groups excluding carboxylic acids is 1. The average molecular weight is 314 g/mol. The van der Waals surface area contributed by atoms with E-state index in [1.807, 2.05) is 39.0 Å². The van der Waals surface area contributed by atoms with E-state index in [1.165, 1.54) is 0 Å². The van der Waals surface area contributed by atoms with Gasteiger partial charge in [0.2, 0.25) is 0 Å². The monoisotopic (exact) mass is 313 g/mol. The molecule has 0 heterocycles. The molecule has 1 aromatic carbocycles. The highest BCUT2D eigenvalue weighted by Gasteiger charge is 2.08. The molecule has 3 nitrogen and oxygen atoms in total. The Balaban J connectivity index is 2.39. The third kappa shape index (κ3) is 5.19. The summed E-state index contributed by atoms with van der Waals surface area (Å²) in [5.41, 5.74) is 1.70. The predicted molar refractivity (Wildman–Crippen MR) is 76.9 cm³/mol. The maximum Gasteiger partial charge on any atom is 0.251 e. The SMILES string of the molecule is Cc1ccc(Br)cc1C(=O)NCCCOC(C)C. The van der Waals surface area contributed by atoms with Gasteiger partial charge >= 0.3 is 0 Å². The second-order valence-corrected chi connectivity index (χ2v) is 5.40. The molecule has 0 saturated carbocycles. The molecule has 18 heavy (non-hydrogen) atoms. The summed E-state index contributed by atoms with van der Waals surface area (Å²) in [6.45, 7) is 7.25. The highest BCUT2D eigenvalue weighted by atomic mass is 79.9. The van der Waals surface area contributed by atoms with Crippen LogP contribution in [0.1, 0.15) is 36.2 Å². The minimum absolute atomic E-state index is 0.0293. The third-order valence-electron chi connectivity index (χ3n) is 2.50. The van der Waals surface area contributed by atoms with E-state index in [2.05, 4.69) is 21.2 Å². The number of rotatable bonds is 6. The lowest BCUT2D eigenvalue weighted by atomic mass is 10.1. The van der Waals surface area contributed by atoms with Crippen LogP contribution in [0.15, 0.2) is 22.7 Å². The van der Waals surface area contributed by atoms with Crippen LogP contribution in [0.2, 0.25) is 0 Å². The number of nitrogens with one attached hydrogen (secondary N) is 1. The normalized spacial score (nSPS) is 10.7. The fourth-order valence-corrected chi connectivity index (χ4v) is 1.89. The van der Waals surface area contributed by atoms with Crippen molar-refractivity contribution in [3.8, 4) is 0 Å². The number of halogens is 1. The van der Waals surface area contributed by atoms with Gasteiger partial charge < -0.3 is 10.1 Å². The second-order valence-electron chi connectivity index (χ2n) is 4.49. The van der Waals surface area contributed by atoms with Gasteiger partial charge in [-0.3, -0.25) is 4.79 Å². The molecular weight excluding hydrogens is 294 g/mol. The first-order valence-electron chi connectivity index (χ1n) is 6.16. The van der Waals surface area contributed by atoms with Gasteiger partial charge in [0.25, 0.3) is 5.91 Å². The Hall–Kier alpha value is -0.870. The molecule has 4 heteroatoms. The lowest BCUT2D eigenvalue weighted by Gasteiger charge is -2.09. The quantitative estimate of drug-likeness (QED) is 0.818. The van der Waals surface area contributed by atoms with Gasteiger partial charge in [-0.1, -0.05) is 22.0 Å². The zero-order valence-electron chi connectivity index (χ0n) is 11.1.